The van der Waals surface area contributed by atoms with Crippen molar-refractivity contribution in [2.24, 2.45) is 7.05 Å². The van der Waals surface area contributed by atoms with Crippen molar-refractivity contribution in [3.8, 4) is 0 Å². The SMILES string of the molecule is C[n+]1ccnc2c1C(=O)N(c1c[nH]c(=O)[nH]c1=O)C2=O. The lowest BCUT2D eigenvalue weighted by Gasteiger charge is -2.09. The van der Waals surface area contributed by atoms with Crippen LogP contribution in [0, 0.1) is 0 Å². The number of hydrogen-bond acceptors (Lipinski definition) is 5. The quantitative estimate of drug-likeness (QED) is 0.464. The van der Waals surface area contributed by atoms with Crippen LogP contribution in [0.25, 0.3) is 0 Å². The van der Waals surface area contributed by atoms with Crippen LogP contribution in [0.3, 0.4) is 0 Å². The van der Waals surface area contributed by atoms with E-state index >= 15 is 0 Å². The number of carbonyl (C=O) groups is 2. The van der Waals surface area contributed by atoms with Gasteiger partial charge in [-0.1, -0.05) is 0 Å². The fraction of sp³-hybridized carbons (Fsp3) is 0.0909. The summed E-state index contributed by atoms with van der Waals surface area (Å²) in [6, 6.07) is 0. The highest BCUT2D eigenvalue weighted by atomic mass is 16.2. The largest absolute Gasteiger partial charge is 0.332 e. The summed E-state index contributed by atoms with van der Waals surface area (Å²) < 4.78 is 1.45. The van der Waals surface area contributed by atoms with Gasteiger partial charge >= 0.3 is 17.3 Å². The first-order valence-corrected chi connectivity index (χ1v) is 5.56. The summed E-state index contributed by atoms with van der Waals surface area (Å²) in [6.45, 7) is 0. The van der Waals surface area contributed by atoms with Crippen LogP contribution in [-0.4, -0.2) is 26.8 Å². The number of nitrogens with one attached hydrogen (secondary N) is 2. The highest BCUT2D eigenvalue weighted by molar-refractivity contribution is 6.32. The normalized spacial score (nSPS) is 13.8. The van der Waals surface area contributed by atoms with Gasteiger partial charge < -0.3 is 4.98 Å². The van der Waals surface area contributed by atoms with E-state index in [0.29, 0.717) is 4.90 Å². The van der Waals surface area contributed by atoms with Crippen LogP contribution < -0.4 is 20.7 Å². The smallest absolute Gasteiger partial charge is 0.312 e. The number of aromatic nitrogens is 4. The third kappa shape index (κ3) is 1.49. The minimum Gasteiger partial charge on any atom is -0.312 e. The summed E-state index contributed by atoms with van der Waals surface area (Å²) in [5.41, 5.74) is -1.75. The molecule has 0 aromatic carbocycles. The van der Waals surface area contributed by atoms with Crippen LogP contribution in [0.4, 0.5) is 5.69 Å². The number of hydrogen-bond donors (Lipinski definition) is 2. The lowest BCUT2D eigenvalue weighted by Crippen LogP contribution is -2.40. The molecule has 0 radical (unpaired) electrons. The number of rotatable bonds is 1. The van der Waals surface area contributed by atoms with E-state index in [4.69, 9.17) is 0 Å². The van der Waals surface area contributed by atoms with Gasteiger partial charge in [0.05, 0.1) is 6.20 Å². The molecule has 0 aliphatic carbocycles. The molecule has 1 aliphatic heterocycles. The maximum Gasteiger partial charge on any atom is 0.332 e. The number of fused-ring (bicyclic) bond motifs is 1. The average Bonchev–Trinajstić information content (AvgIpc) is 2.64. The van der Waals surface area contributed by atoms with E-state index in [1.165, 1.54) is 17.0 Å². The first kappa shape index (κ1) is 12.0. The molecule has 0 bridgehead atoms. The van der Waals surface area contributed by atoms with Gasteiger partial charge in [-0.2, -0.15) is 4.57 Å². The van der Waals surface area contributed by atoms with Crippen molar-refractivity contribution in [3.05, 3.63) is 50.8 Å². The lowest BCUT2D eigenvalue weighted by molar-refractivity contribution is -0.673. The van der Waals surface area contributed by atoms with Crippen molar-refractivity contribution in [2.45, 2.75) is 0 Å². The molecule has 2 amide bonds. The summed E-state index contributed by atoms with van der Waals surface area (Å²) in [5.74, 6) is -1.38. The van der Waals surface area contributed by atoms with Crippen molar-refractivity contribution in [2.75, 3.05) is 4.90 Å². The first-order chi connectivity index (χ1) is 9.50. The number of nitrogens with zero attached hydrogens (tertiary/aromatic N) is 3. The molecule has 0 unspecified atom stereocenters. The van der Waals surface area contributed by atoms with Crippen LogP contribution in [-0.2, 0) is 7.05 Å². The number of anilines is 1. The number of aromatic amines is 2. The Morgan fingerprint density at radius 3 is 2.60 bits per heavy atom. The van der Waals surface area contributed by atoms with E-state index in [0.717, 1.165) is 6.20 Å². The van der Waals surface area contributed by atoms with E-state index in [1.807, 2.05) is 4.98 Å². The fourth-order valence-corrected chi connectivity index (χ4v) is 2.01. The Kier molecular flexibility index (Phi) is 2.36. The number of H-pyrrole nitrogens is 2. The summed E-state index contributed by atoms with van der Waals surface area (Å²) in [7, 11) is 1.59. The molecule has 0 saturated heterocycles. The van der Waals surface area contributed by atoms with Crippen LogP contribution in [0.1, 0.15) is 21.0 Å². The molecular formula is C11H8N5O4+. The molecule has 9 heteroatoms. The Labute approximate surface area is 110 Å². The zero-order chi connectivity index (χ0) is 14.4. The third-order valence-electron chi connectivity index (χ3n) is 2.92. The van der Waals surface area contributed by atoms with Gasteiger partial charge in [0.2, 0.25) is 5.69 Å². The molecule has 3 heterocycles. The Hall–Kier alpha value is -3.10. The first-order valence-electron chi connectivity index (χ1n) is 5.56. The predicted molar refractivity (Wildman–Crippen MR) is 64.2 cm³/mol. The minimum absolute atomic E-state index is 0.0365. The minimum atomic E-state index is -0.828. The zero-order valence-corrected chi connectivity index (χ0v) is 10.2. The maximum atomic E-state index is 12.3. The summed E-state index contributed by atoms with van der Waals surface area (Å²) >= 11 is 0. The van der Waals surface area contributed by atoms with Crippen molar-refractivity contribution < 1.29 is 14.2 Å². The number of imide groups is 1. The highest BCUT2D eigenvalue weighted by Crippen LogP contribution is 2.21. The van der Waals surface area contributed by atoms with Crippen LogP contribution in [0.2, 0.25) is 0 Å². The van der Waals surface area contributed by atoms with Crippen molar-refractivity contribution in [1.82, 2.24) is 15.0 Å². The van der Waals surface area contributed by atoms with E-state index < -0.39 is 23.1 Å². The molecule has 20 heavy (non-hydrogen) atoms. The van der Waals surface area contributed by atoms with E-state index in [9.17, 15) is 19.2 Å². The molecule has 2 N–H and O–H groups in total. The topological polar surface area (TPSA) is 120 Å². The monoisotopic (exact) mass is 274 g/mol. The second-order valence-corrected chi connectivity index (χ2v) is 4.14. The van der Waals surface area contributed by atoms with Gasteiger partial charge in [0.25, 0.3) is 11.5 Å². The average molecular weight is 274 g/mol. The molecule has 0 saturated carbocycles. The lowest BCUT2D eigenvalue weighted by atomic mass is 10.3. The second kappa shape index (κ2) is 3.95. The van der Waals surface area contributed by atoms with Crippen LogP contribution in [0.15, 0.2) is 28.2 Å². The van der Waals surface area contributed by atoms with Gasteiger partial charge in [-0.15, -0.1) is 0 Å². The van der Waals surface area contributed by atoms with Gasteiger partial charge in [-0.25, -0.2) is 14.7 Å². The standard InChI is InChI=1S/C11H7N5O4/c1-15-3-2-12-6-7(15)10(19)16(9(6)18)5-4-13-11(20)14-8(5)17/h2-4H,1H3,(H-,13,14,17,20)/p+1. The Bertz CT molecular complexity index is 866. The summed E-state index contributed by atoms with van der Waals surface area (Å²) in [6.07, 6.45) is 3.91. The molecule has 1 aliphatic rings. The van der Waals surface area contributed by atoms with Gasteiger partial charge in [0.1, 0.15) is 12.7 Å². The zero-order valence-electron chi connectivity index (χ0n) is 10.2. The highest BCUT2D eigenvalue weighted by Gasteiger charge is 2.45. The van der Waals surface area contributed by atoms with Gasteiger partial charge in [0, 0.05) is 6.20 Å². The third-order valence-corrected chi connectivity index (χ3v) is 2.92. The van der Waals surface area contributed by atoms with E-state index in [2.05, 4.69) is 9.97 Å². The fourth-order valence-electron chi connectivity index (χ4n) is 2.01. The Morgan fingerprint density at radius 2 is 1.95 bits per heavy atom. The number of aryl methyl sites for hydroxylation is 1. The molecule has 0 fully saturated rings. The maximum absolute atomic E-state index is 12.3. The second-order valence-electron chi connectivity index (χ2n) is 4.14. The molecule has 9 nitrogen and oxygen atoms in total. The van der Waals surface area contributed by atoms with E-state index in [-0.39, 0.29) is 17.1 Å². The molecule has 0 atom stereocenters. The molecule has 0 spiro atoms. The molecule has 3 rings (SSSR count). The summed E-state index contributed by atoms with van der Waals surface area (Å²) in [4.78, 5) is 55.8. The van der Waals surface area contributed by atoms with Crippen LogP contribution >= 0.6 is 0 Å². The molecule has 100 valence electrons. The number of carbonyl (C=O) groups excluding carboxylic acids is 2. The van der Waals surface area contributed by atoms with Gasteiger partial charge in [0.15, 0.2) is 6.20 Å². The van der Waals surface area contributed by atoms with Gasteiger partial charge in [-0.3, -0.25) is 19.4 Å². The van der Waals surface area contributed by atoms with Crippen molar-refractivity contribution in [1.29, 1.82) is 0 Å². The van der Waals surface area contributed by atoms with Crippen LogP contribution in [0.5, 0.6) is 0 Å². The predicted octanol–water partition coefficient (Wildman–Crippen LogP) is -1.92. The molecule has 2 aromatic heterocycles. The molecular weight excluding hydrogens is 266 g/mol. The number of amides is 2. The molecule has 2 aromatic rings. The summed E-state index contributed by atoms with van der Waals surface area (Å²) in [5, 5.41) is 0. The van der Waals surface area contributed by atoms with Gasteiger partial charge in [-0.05, 0) is 0 Å². The van der Waals surface area contributed by atoms with E-state index in [1.54, 1.807) is 7.05 Å². The van der Waals surface area contributed by atoms with Crippen molar-refractivity contribution >= 4 is 17.5 Å². The Balaban J connectivity index is 2.22. The van der Waals surface area contributed by atoms with Crippen molar-refractivity contribution in [3.63, 3.8) is 0 Å². The Morgan fingerprint density at radius 1 is 1.20 bits per heavy atom.